The summed E-state index contributed by atoms with van der Waals surface area (Å²) in [5, 5.41) is 0. The number of esters is 1. The molecule has 2 saturated heterocycles. The first-order valence-corrected chi connectivity index (χ1v) is 12.4. The maximum absolute atomic E-state index is 12.9. The third-order valence-corrected chi connectivity index (χ3v) is 8.65. The molecule has 0 bridgehead atoms. The normalized spacial score (nSPS) is 37.4. The van der Waals surface area contributed by atoms with E-state index in [4.69, 9.17) is 9.47 Å². The summed E-state index contributed by atoms with van der Waals surface area (Å²) in [6.07, 6.45) is 7.37. The van der Waals surface area contributed by atoms with Gasteiger partial charge >= 0.3 is 5.97 Å². The summed E-state index contributed by atoms with van der Waals surface area (Å²) in [6, 6.07) is 8.73. The molecule has 0 amide bonds. The Hall–Kier alpha value is -2.01. The maximum atomic E-state index is 12.9. The van der Waals surface area contributed by atoms with E-state index in [2.05, 4.69) is 48.8 Å². The maximum Gasteiger partial charge on any atom is 0.311 e. The predicted octanol–water partition coefficient (Wildman–Crippen LogP) is 4.52. The fourth-order valence-corrected chi connectivity index (χ4v) is 6.89. The molecule has 5 rings (SSSR count). The highest BCUT2D eigenvalue weighted by molar-refractivity contribution is 5.76. The SMILES string of the molecule is COc1ccc(N2CCN(C[C@H]3C(=O)O[C@@H]4C[C@]5(C)CCC[C@@H](C)C5=C[C@H]43)C[C@@H]2C)cc1. The number of fused-ring (bicyclic) bond motifs is 2. The Morgan fingerprint density at radius 1 is 1.19 bits per heavy atom. The van der Waals surface area contributed by atoms with Crippen LogP contribution in [0.4, 0.5) is 5.69 Å². The Kier molecular flexibility index (Phi) is 5.73. The lowest BCUT2D eigenvalue weighted by molar-refractivity contribution is -0.145. The summed E-state index contributed by atoms with van der Waals surface area (Å²) in [5.41, 5.74) is 3.07. The quantitative estimate of drug-likeness (QED) is 0.511. The topological polar surface area (TPSA) is 42.0 Å². The molecule has 2 aliphatic heterocycles. The fraction of sp³-hybridized carbons (Fsp3) is 0.667. The second-order valence-corrected chi connectivity index (χ2v) is 10.8. The number of carbonyl (C=O) groups is 1. The standard InChI is InChI=1S/C27H38N2O3/c1-18-6-5-11-27(3)15-25-22(14-24(18)27)23(26(30)32-25)17-28-12-13-29(19(2)16-28)20-7-9-21(31-4)10-8-20/h7-10,14,18-19,22-23,25H,5-6,11-13,15-17H2,1-4H3/t18-,19+,22+,23-,25-,27+/m1/s1. The Balaban J connectivity index is 1.27. The van der Waals surface area contributed by atoms with Crippen LogP contribution in [0.1, 0.15) is 46.5 Å². The Labute approximate surface area is 192 Å². The molecule has 3 fully saturated rings. The molecule has 2 aliphatic carbocycles. The molecule has 0 N–H and O–H groups in total. The second kappa shape index (κ2) is 8.40. The fourth-order valence-electron chi connectivity index (χ4n) is 6.89. The molecule has 32 heavy (non-hydrogen) atoms. The number of methoxy groups -OCH3 is 1. The molecule has 5 nitrogen and oxygen atoms in total. The molecule has 4 aliphatic rings. The first-order chi connectivity index (χ1) is 15.4. The van der Waals surface area contributed by atoms with Crippen LogP contribution in [0, 0.1) is 23.2 Å². The van der Waals surface area contributed by atoms with Gasteiger partial charge in [-0.15, -0.1) is 0 Å². The van der Waals surface area contributed by atoms with E-state index in [9.17, 15) is 4.79 Å². The Morgan fingerprint density at radius 2 is 1.97 bits per heavy atom. The number of piperazine rings is 1. The number of rotatable bonds is 4. The summed E-state index contributed by atoms with van der Waals surface area (Å²) in [4.78, 5) is 17.9. The second-order valence-electron chi connectivity index (χ2n) is 10.8. The molecule has 0 unspecified atom stereocenters. The van der Waals surface area contributed by atoms with Crippen molar-refractivity contribution in [2.24, 2.45) is 23.2 Å². The van der Waals surface area contributed by atoms with Gasteiger partial charge in [-0.1, -0.05) is 31.9 Å². The molecule has 1 aromatic rings. The van der Waals surface area contributed by atoms with Gasteiger partial charge in [0.15, 0.2) is 0 Å². The molecule has 0 aromatic heterocycles. The Morgan fingerprint density at radius 3 is 2.69 bits per heavy atom. The number of benzene rings is 1. The van der Waals surface area contributed by atoms with Crippen molar-refractivity contribution < 1.29 is 14.3 Å². The zero-order valence-electron chi connectivity index (χ0n) is 20.0. The summed E-state index contributed by atoms with van der Waals surface area (Å²) in [6.45, 7) is 10.8. The van der Waals surface area contributed by atoms with Gasteiger partial charge < -0.3 is 14.4 Å². The zero-order chi connectivity index (χ0) is 22.5. The van der Waals surface area contributed by atoms with Crippen LogP contribution in [0.15, 0.2) is 35.9 Å². The van der Waals surface area contributed by atoms with E-state index in [-0.39, 0.29) is 29.3 Å². The molecule has 1 aromatic carbocycles. The minimum atomic E-state index is -0.0223. The van der Waals surface area contributed by atoms with Crippen LogP contribution in [-0.2, 0) is 9.53 Å². The van der Waals surface area contributed by atoms with Crippen molar-refractivity contribution in [2.45, 2.75) is 58.6 Å². The molecule has 2 heterocycles. The number of carbonyl (C=O) groups excluding carboxylic acids is 1. The van der Waals surface area contributed by atoms with Gasteiger partial charge in [-0.3, -0.25) is 9.69 Å². The average molecular weight is 439 g/mol. The number of hydrogen-bond donors (Lipinski definition) is 0. The third kappa shape index (κ3) is 3.83. The van der Waals surface area contributed by atoms with Crippen molar-refractivity contribution in [2.75, 3.05) is 38.2 Å². The lowest BCUT2D eigenvalue weighted by Crippen LogP contribution is -2.53. The molecule has 5 heteroatoms. The van der Waals surface area contributed by atoms with Crippen molar-refractivity contribution >= 4 is 11.7 Å². The zero-order valence-corrected chi connectivity index (χ0v) is 20.0. The van der Waals surface area contributed by atoms with Gasteiger partial charge in [-0.2, -0.15) is 0 Å². The van der Waals surface area contributed by atoms with E-state index in [1.165, 1.54) is 24.9 Å². The smallest absolute Gasteiger partial charge is 0.311 e. The van der Waals surface area contributed by atoms with Crippen LogP contribution in [0.3, 0.4) is 0 Å². The van der Waals surface area contributed by atoms with Crippen molar-refractivity contribution in [3.8, 4) is 5.75 Å². The van der Waals surface area contributed by atoms with Crippen LogP contribution >= 0.6 is 0 Å². The van der Waals surface area contributed by atoms with E-state index < -0.39 is 0 Å². The highest BCUT2D eigenvalue weighted by atomic mass is 16.6. The van der Waals surface area contributed by atoms with E-state index in [0.717, 1.165) is 38.3 Å². The minimum absolute atomic E-state index is 0.0223. The van der Waals surface area contributed by atoms with Gasteiger partial charge in [0.05, 0.1) is 13.0 Å². The van der Waals surface area contributed by atoms with Crippen LogP contribution in [0.2, 0.25) is 0 Å². The number of anilines is 1. The van der Waals surface area contributed by atoms with Gasteiger partial charge in [-0.05, 0) is 61.8 Å². The van der Waals surface area contributed by atoms with Crippen molar-refractivity contribution in [3.05, 3.63) is 35.9 Å². The van der Waals surface area contributed by atoms with Crippen LogP contribution < -0.4 is 9.64 Å². The Bertz CT molecular complexity index is 881. The van der Waals surface area contributed by atoms with E-state index in [0.29, 0.717) is 12.0 Å². The molecule has 174 valence electrons. The first kappa shape index (κ1) is 21.8. The average Bonchev–Trinajstić information content (AvgIpc) is 3.06. The molecule has 1 saturated carbocycles. The van der Waals surface area contributed by atoms with Crippen LogP contribution in [0.5, 0.6) is 5.75 Å². The van der Waals surface area contributed by atoms with Crippen LogP contribution in [-0.4, -0.2) is 56.3 Å². The summed E-state index contributed by atoms with van der Waals surface area (Å²) < 4.78 is 11.3. The molecule has 6 atom stereocenters. The monoisotopic (exact) mass is 438 g/mol. The van der Waals surface area contributed by atoms with Gasteiger partial charge in [-0.25, -0.2) is 0 Å². The van der Waals surface area contributed by atoms with Gasteiger partial charge in [0.1, 0.15) is 11.9 Å². The first-order valence-electron chi connectivity index (χ1n) is 12.4. The lowest BCUT2D eigenvalue weighted by atomic mass is 9.59. The number of hydrogen-bond acceptors (Lipinski definition) is 5. The number of allylic oxidation sites excluding steroid dienone is 1. The van der Waals surface area contributed by atoms with E-state index >= 15 is 0 Å². The molecular weight excluding hydrogens is 400 g/mol. The summed E-state index contributed by atoms with van der Waals surface area (Å²) in [5.74, 6) is 1.78. The largest absolute Gasteiger partial charge is 0.497 e. The lowest BCUT2D eigenvalue weighted by Gasteiger charge is -2.46. The minimum Gasteiger partial charge on any atom is -0.497 e. The highest BCUT2D eigenvalue weighted by Crippen LogP contribution is 2.54. The number of ether oxygens (including phenoxy) is 2. The van der Waals surface area contributed by atoms with Gasteiger partial charge in [0, 0.05) is 43.8 Å². The number of nitrogens with zero attached hydrogens (tertiary/aromatic N) is 2. The molecule has 0 radical (unpaired) electrons. The summed E-state index contributed by atoms with van der Waals surface area (Å²) >= 11 is 0. The third-order valence-electron chi connectivity index (χ3n) is 8.65. The van der Waals surface area contributed by atoms with Crippen molar-refractivity contribution in [3.63, 3.8) is 0 Å². The molecular formula is C27H38N2O3. The van der Waals surface area contributed by atoms with Gasteiger partial charge in [0.2, 0.25) is 0 Å². The van der Waals surface area contributed by atoms with E-state index in [1.807, 2.05) is 12.1 Å². The predicted molar refractivity (Wildman–Crippen MR) is 127 cm³/mol. The summed E-state index contributed by atoms with van der Waals surface area (Å²) in [7, 11) is 1.70. The van der Waals surface area contributed by atoms with Gasteiger partial charge in [0.25, 0.3) is 0 Å². The molecule has 0 spiro atoms. The van der Waals surface area contributed by atoms with Crippen LogP contribution in [0.25, 0.3) is 0 Å². The van der Waals surface area contributed by atoms with E-state index in [1.54, 1.807) is 12.7 Å². The van der Waals surface area contributed by atoms with Crippen molar-refractivity contribution in [1.82, 2.24) is 4.90 Å². The highest BCUT2D eigenvalue weighted by Gasteiger charge is 2.52. The van der Waals surface area contributed by atoms with Crippen molar-refractivity contribution in [1.29, 1.82) is 0 Å².